The van der Waals surface area contributed by atoms with E-state index >= 15 is 0 Å². The number of hydrogen-bond acceptors (Lipinski definition) is 7. The molecule has 1 aliphatic rings. The molecule has 2 N–H and O–H groups in total. The Morgan fingerprint density at radius 2 is 2.25 bits per heavy atom. The normalized spacial score (nSPS) is 30.2. The summed E-state index contributed by atoms with van der Waals surface area (Å²) in [7, 11) is 0. The largest absolute Gasteiger partial charge is 0.394 e. The number of aliphatic hydroxyl groups is 2. The molecule has 0 radical (unpaired) electrons. The molecule has 0 amide bonds. The number of alkyl halides is 1. The summed E-state index contributed by atoms with van der Waals surface area (Å²) in [5.41, 5.74) is 1.31. The molecule has 0 unspecified atom stereocenters. The van der Waals surface area contributed by atoms with Crippen LogP contribution in [0.15, 0.2) is 17.7 Å². The van der Waals surface area contributed by atoms with Crippen LogP contribution in [0.2, 0.25) is 0 Å². The minimum atomic E-state index is -0.724. The van der Waals surface area contributed by atoms with Crippen LogP contribution in [0.25, 0.3) is 11.2 Å². The van der Waals surface area contributed by atoms with Gasteiger partial charge in [0, 0.05) is 0 Å². The van der Waals surface area contributed by atoms with Gasteiger partial charge in [0.05, 0.1) is 23.0 Å². The van der Waals surface area contributed by atoms with Gasteiger partial charge in [0.15, 0.2) is 11.9 Å². The molecule has 0 aliphatic carbocycles. The van der Waals surface area contributed by atoms with Crippen LogP contribution in [0.3, 0.4) is 0 Å². The second-order valence-electron chi connectivity index (χ2n) is 4.39. The number of imidazole rings is 1. The van der Waals surface area contributed by atoms with Crippen LogP contribution in [0.1, 0.15) is 6.23 Å². The summed E-state index contributed by atoms with van der Waals surface area (Å²) in [6, 6.07) is 0. The lowest BCUT2D eigenvalue weighted by molar-refractivity contribution is -0.0486. The van der Waals surface area contributed by atoms with Gasteiger partial charge >= 0.3 is 0 Å². The second kappa shape index (κ2) is 5.72. The van der Waals surface area contributed by atoms with Crippen LogP contribution in [-0.2, 0) is 4.74 Å². The quantitative estimate of drug-likeness (QED) is 0.333. The Morgan fingerprint density at radius 3 is 2.90 bits per heavy atom. The second-order valence-corrected chi connectivity index (χ2v) is 6.62. The summed E-state index contributed by atoms with van der Waals surface area (Å²) in [4.78, 5) is 12.7. The third kappa shape index (κ3) is 2.21. The predicted molar refractivity (Wildman–Crippen MR) is 81.9 cm³/mol. The molecular weight excluding hydrogens is 395 g/mol. The van der Waals surface area contributed by atoms with Crippen LogP contribution in [0.5, 0.6) is 0 Å². The SMILES string of the molecule is CSc1ncnc2c1ncn2[C@@H]1O[C@H](CO)[C@H](I)[C@H]1O. The molecule has 1 fully saturated rings. The molecule has 108 valence electrons. The van der Waals surface area contributed by atoms with Gasteiger partial charge in [-0.15, -0.1) is 11.8 Å². The van der Waals surface area contributed by atoms with E-state index in [0.717, 1.165) is 5.03 Å². The predicted octanol–water partition coefficient (Wildman–Crippen LogP) is 0.602. The minimum absolute atomic E-state index is 0.126. The summed E-state index contributed by atoms with van der Waals surface area (Å²) in [5.74, 6) is 0. The molecule has 3 rings (SSSR count). The number of nitrogens with zero attached hydrogens (tertiary/aromatic N) is 4. The number of fused-ring (bicyclic) bond motifs is 1. The van der Waals surface area contributed by atoms with E-state index in [1.807, 2.05) is 6.26 Å². The highest BCUT2D eigenvalue weighted by molar-refractivity contribution is 14.1. The number of rotatable bonds is 3. The van der Waals surface area contributed by atoms with Gasteiger partial charge in [-0.25, -0.2) is 15.0 Å². The molecule has 20 heavy (non-hydrogen) atoms. The molecule has 2 aromatic rings. The van der Waals surface area contributed by atoms with Crippen molar-refractivity contribution < 1.29 is 14.9 Å². The minimum Gasteiger partial charge on any atom is -0.394 e. The van der Waals surface area contributed by atoms with Gasteiger partial charge in [-0.3, -0.25) is 4.57 Å². The fraction of sp³-hybridized carbons (Fsp3) is 0.545. The van der Waals surface area contributed by atoms with Gasteiger partial charge in [0.1, 0.15) is 23.0 Å². The number of hydrogen-bond donors (Lipinski definition) is 2. The molecule has 7 nitrogen and oxygen atoms in total. The summed E-state index contributed by atoms with van der Waals surface area (Å²) >= 11 is 3.58. The summed E-state index contributed by atoms with van der Waals surface area (Å²) in [6.07, 6.45) is 3.27. The van der Waals surface area contributed by atoms with Gasteiger partial charge in [0.25, 0.3) is 0 Å². The van der Waals surface area contributed by atoms with Gasteiger partial charge in [-0.2, -0.15) is 0 Å². The summed E-state index contributed by atoms with van der Waals surface area (Å²) in [6.45, 7) is -0.126. The zero-order valence-corrected chi connectivity index (χ0v) is 13.5. The Labute approximate surface area is 132 Å². The highest BCUT2D eigenvalue weighted by atomic mass is 127. The Hall–Kier alpha value is -0.490. The summed E-state index contributed by atoms with van der Waals surface area (Å²) in [5, 5.41) is 20.3. The third-order valence-corrected chi connectivity index (χ3v) is 5.48. The maximum atomic E-state index is 10.3. The lowest BCUT2D eigenvalue weighted by Crippen LogP contribution is -2.27. The van der Waals surface area contributed by atoms with Crippen molar-refractivity contribution in [1.29, 1.82) is 0 Å². The maximum Gasteiger partial charge on any atom is 0.166 e. The molecule has 0 saturated carbocycles. The van der Waals surface area contributed by atoms with Crippen LogP contribution in [0, 0.1) is 0 Å². The van der Waals surface area contributed by atoms with Gasteiger partial charge < -0.3 is 14.9 Å². The van der Waals surface area contributed by atoms with E-state index in [-0.39, 0.29) is 10.5 Å². The number of halogens is 1. The molecule has 4 atom stereocenters. The highest BCUT2D eigenvalue weighted by Crippen LogP contribution is 2.35. The highest BCUT2D eigenvalue weighted by Gasteiger charge is 2.43. The fourth-order valence-corrected chi connectivity index (χ4v) is 3.49. The number of thioether (sulfide) groups is 1. The first-order valence-corrected chi connectivity index (χ1v) is 8.44. The van der Waals surface area contributed by atoms with E-state index in [4.69, 9.17) is 4.74 Å². The first-order chi connectivity index (χ1) is 9.67. The van der Waals surface area contributed by atoms with E-state index in [1.54, 1.807) is 10.9 Å². The monoisotopic (exact) mass is 408 g/mol. The van der Waals surface area contributed by atoms with E-state index < -0.39 is 18.4 Å². The first-order valence-electron chi connectivity index (χ1n) is 5.97. The van der Waals surface area contributed by atoms with Crippen molar-refractivity contribution in [2.45, 2.75) is 27.4 Å². The van der Waals surface area contributed by atoms with Crippen molar-refractivity contribution in [2.75, 3.05) is 12.9 Å². The van der Waals surface area contributed by atoms with Crippen molar-refractivity contribution in [3.63, 3.8) is 0 Å². The number of aliphatic hydroxyl groups excluding tert-OH is 2. The van der Waals surface area contributed by atoms with Crippen molar-refractivity contribution >= 4 is 45.5 Å². The van der Waals surface area contributed by atoms with E-state index in [0.29, 0.717) is 11.2 Å². The Morgan fingerprint density at radius 1 is 1.45 bits per heavy atom. The molecule has 2 aromatic heterocycles. The lowest BCUT2D eigenvalue weighted by Gasteiger charge is -2.16. The molecule has 1 saturated heterocycles. The van der Waals surface area contributed by atoms with Crippen molar-refractivity contribution in [3.8, 4) is 0 Å². The zero-order chi connectivity index (χ0) is 14.3. The maximum absolute atomic E-state index is 10.3. The third-order valence-electron chi connectivity index (χ3n) is 3.26. The van der Waals surface area contributed by atoms with Gasteiger partial charge in [-0.05, 0) is 6.26 Å². The molecule has 9 heteroatoms. The fourth-order valence-electron chi connectivity index (χ4n) is 2.25. The van der Waals surface area contributed by atoms with Gasteiger partial charge in [0.2, 0.25) is 0 Å². The van der Waals surface area contributed by atoms with Crippen LogP contribution in [-0.4, -0.2) is 58.7 Å². The Bertz CT molecular complexity index is 625. The average Bonchev–Trinajstić information content (AvgIpc) is 3.01. The molecule has 0 bridgehead atoms. The number of aromatic nitrogens is 4. The standard InChI is InChI=1S/C11H13IN4O3S/c1-20-10-7-9(13-3-14-10)16(4-15-7)11-8(18)6(12)5(2-17)19-11/h3-6,8,11,17-18H,2H2,1H3/t5-,6+,8-,11-/m1/s1. The number of ether oxygens (including phenoxy) is 1. The topological polar surface area (TPSA) is 93.3 Å². The molecule has 0 spiro atoms. The zero-order valence-electron chi connectivity index (χ0n) is 10.5. The Balaban J connectivity index is 2.03. The van der Waals surface area contributed by atoms with Gasteiger partial charge in [-0.1, -0.05) is 22.6 Å². The van der Waals surface area contributed by atoms with E-state index in [2.05, 4.69) is 37.5 Å². The van der Waals surface area contributed by atoms with Crippen LogP contribution >= 0.6 is 34.4 Å². The smallest absolute Gasteiger partial charge is 0.166 e. The van der Waals surface area contributed by atoms with Crippen molar-refractivity contribution in [3.05, 3.63) is 12.7 Å². The first kappa shape index (κ1) is 14.4. The van der Waals surface area contributed by atoms with E-state index in [1.165, 1.54) is 18.1 Å². The van der Waals surface area contributed by atoms with Crippen molar-refractivity contribution in [1.82, 2.24) is 19.5 Å². The van der Waals surface area contributed by atoms with Crippen LogP contribution in [0.4, 0.5) is 0 Å². The van der Waals surface area contributed by atoms with Crippen molar-refractivity contribution in [2.24, 2.45) is 0 Å². The molecule has 0 aromatic carbocycles. The molecule has 3 heterocycles. The molecular formula is C11H13IN4O3S. The average molecular weight is 408 g/mol. The van der Waals surface area contributed by atoms with Crippen LogP contribution < -0.4 is 0 Å². The Kier molecular flexibility index (Phi) is 4.13. The lowest BCUT2D eigenvalue weighted by atomic mass is 10.2. The molecule has 1 aliphatic heterocycles. The summed E-state index contributed by atoms with van der Waals surface area (Å²) < 4.78 is 7.23. The van der Waals surface area contributed by atoms with E-state index in [9.17, 15) is 10.2 Å².